The van der Waals surface area contributed by atoms with Crippen LogP contribution in [0.5, 0.6) is 0 Å². The van der Waals surface area contributed by atoms with Crippen molar-refractivity contribution in [3.8, 4) is 0 Å². The molecule has 3 rings (SSSR count). The van der Waals surface area contributed by atoms with Gasteiger partial charge < -0.3 is 9.64 Å². The van der Waals surface area contributed by atoms with Crippen molar-refractivity contribution in [2.75, 3.05) is 26.2 Å². The standard InChI is InChI=1S/C19H28N2O2/c1-15-12-21(19(2,3)14-23-15)11-9-18(22)20-10-8-16-6-4-5-7-17(16)13-20/h4-7,15H,8-14H2,1-3H3. The first kappa shape index (κ1) is 16.5. The van der Waals surface area contributed by atoms with Crippen LogP contribution in [0.15, 0.2) is 24.3 Å². The van der Waals surface area contributed by atoms with Crippen LogP contribution in [0.1, 0.15) is 38.3 Å². The Morgan fingerprint density at radius 1 is 1.30 bits per heavy atom. The van der Waals surface area contributed by atoms with Crippen molar-refractivity contribution in [3.63, 3.8) is 0 Å². The molecule has 1 fully saturated rings. The Morgan fingerprint density at radius 3 is 2.83 bits per heavy atom. The molecule has 23 heavy (non-hydrogen) atoms. The summed E-state index contributed by atoms with van der Waals surface area (Å²) in [4.78, 5) is 17.0. The SMILES string of the molecule is CC1CN(CCC(=O)N2CCc3ccccc3C2)C(C)(C)CO1. The smallest absolute Gasteiger partial charge is 0.224 e. The van der Waals surface area contributed by atoms with Crippen LogP contribution < -0.4 is 0 Å². The summed E-state index contributed by atoms with van der Waals surface area (Å²) in [5, 5.41) is 0. The zero-order valence-electron chi connectivity index (χ0n) is 14.5. The van der Waals surface area contributed by atoms with E-state index in [0.717, 1.165) is 39.2 Å². The second-order valence-electron chi connectivity index (χ2n) is 7.46. The molecule has 1 saturated heterocycles. The number of benzene rings is 1. The molecule has 1 unspecified atom stereocenters. The van der Waals surface area contributed by atoms with Gasteiger partial charge in [0, 0.05) is 38.1 Å². The van der Waals surface area contributed by atoms with Crippen molar-refractivity contribution in [1.29, 1.82) is 0 Å². The van der Waals surface area contributed by atoms with Crippen LogP contribution in [0, 0.1) is 0 Å². The van der Waals surface area contributed by atoms with Crippen LogP contribution in [0.25, 0.3) is 0 Å². The number of morpholine rings is 1. The van der Waals surface area contributed by atoms with E-state index in [2.05, 4.69) is 49.9 Å². The summed E-state index contributed by atoms with van der Waals surface area (Å²) >= 11 is 0. The highest BCUT2D eigenvalue weighted by Gasteiger charge is 2.33. The fraction of sp³-hybridized carbons (Fsp3) is 0.632. The lowest BCUT2D eigenvalue weighted by Gasteiger charge is -2.44. The Morgan fingerprint density at radius 2 is 2.04 bits per heavy atom. The van der Waals surface area contributed by atoms with Gasteiger partial charge in [-0.3, -0.25) is 9.69 Å². The molecule has 1 amide bonds. The first-order valence-electron chi connectivity index (χ1n) is 8.67. The van der Waals surface area contributed by atoms with Gasteiger partial charge in [0.25, 0.3) is 0 Å². The summed E-state index contributed by atoms with van der Waals surface area (Å²) in [6.07, 6.45) is 1.82. The highest BCUT2D eigenvalue weighted by molar-refractivity contribution is 5.76. The average Bonchev–Trinajstić information content (AvgIpc) is 2.55. The largest absolute Gasteiger partial charge is 0.375 e. The molecule has 0 bridgehead atoms. The van der Waals surface area contributed by atoms with Crippen molar-refractivity contribution in [3.05, 3.63) is 35.4 Å². The number of ether oxygens (including phenoxy) is 1. The second-order valence-corrected chi connectivity index (χ2v) is 7.46. The predicted octanol–water partition coefficient (Wildman–Crippen LogP) is 2.46. The fourth-order valence-electron chi connectivity index (χ4n) is 3.54. The molecule has 0 saturated carbocycles. The zero-order valence-corrected chi connectivity index (χ0v) is 14.5. The van der Waals surface area contributed by atoms with E-state index in [1.54, 1.807) is 0 Å². The van der Waals surface area contributed by atoms with Gasteiger partial charge in [-0.1, -0.05) is 24.3 Å². The Hall–Kier alpha value is -1.39. The molecule has 0 N–H and O–H groups in total. The number of rotatable bonds is 3. The Bertz CT molecular complexity index is 570. The molecule has 0 radical (unpaired) electrons. The van der Waals surface area contributed by atoms with E-state index in [4.69, 9.17) is 4.74 Å². The van der Waals surface area contributed by atoms with Gasteiger partial charge in [-0.25, -0.2) is 0 Å². The molecule has 2 aliphatic heterocycles. The summed E-state index contributed by atoms with van der Waals surface area (Å²) in [5.74, 6) is 0.273. The maximum absolute atomic E-state index is 12.6. The fourth-order valence-corrected chi connectivity index (χ4v) is 3.54. The first-order valence-corrected chi connectivity index (χ1v) is 8.67. The van der Waals surface area contributed by atoms with Gasteiger partial charge in [0.05, 0.1) is 12.7 Å². The molecule has 0 aliphatic carbocycles. The molecule has 2 heterocycles. The second kappa shape index (κ2) is 6.62. The number of carbonyl (C=O) groups is 1. The van der Waals surface area contributed by atoms with Crippen molar-refractivity contribution in [2.45, 2.75) is 51.8 Å². The minimum Gasteiger partial charge on any atom is -0.375 e. The maximum atomic E-state index is 12.6. The van der Waals surface area contributed by atoms with Gasteiger partial charge in [0.1, 0.15) is 0 Å². The molecule has 1 atom stereocenters. The van der Waals surface area contributed by atoms with Gasteiger partial charge >= 0.3 is 0 Å². The van der Waals surface area contributed by atoms with Crippen molar-refractivity contribution >= 4 is 5.91 Å². The Balaban J connectivity index is 1.56. The van der Waals surface area contributed by atoms with Gasteiger partial charge in [-0.05, 0) is 38.3 Å². The molecule has 1 aromatic rings. The molecule has 1 aromatic carbocycles. The monoisotopic (exact) mass is 316 g/mol. The number of nitrogens with zero attached hydrogens (tertiary/aromatic N) is 2. The normalized spacial score (nSPS) is 24.3. The minimum atomic E-state index is 0.0152. The third-order valence-corrected chi connectivity index (χ3v) is 5.13. The number of hydrogen-bond donors (Lipinski definition) is 0. The quantitative estimate of drug-likeness (QED) is 0.859. The van der Waals surface area contributed by atoms with Crippen molar-refractivity contribution in [2.24, 2.45) is 0 Å². The van der Waals surface area contributed by atoms with Crippen molar-refractivity contribution < 1.29 is 9.53 Å². The third kappa shape index (κ3) is 3.75. The molecule has 4 heteroatoms. The minimum absolute atomic E-state index is 0.0152. The Labute approximate surface area is 139 Å². The first-order chi connectivity index (χ1) is 11.0. The lowest BCUT2D eigenvalue weighted by atomic mass is 9.99. The van der Waals surface area contributed by atoms with Crippen LogP contribution in [0.2, 0.25) is 0 Å². The number of amides is 1. The zero-order chi connectivity index (χ0) is 16.4. The summed E-state index contributed by atoms with van der Waals surface area (Å²) in [7, 11) is 0. The summed E-state index contributed by atoms with van der Waals surface area (Å²) in [6, 6.07) is 8.46. The van der Waals surface area contributed by atoms with E-state index in [1.165, 1.54) is 11.1 Å². The van der Waals surface area contributed by atoms with Crippen LogP contribution in [-0.4, -0.2) is 53.6 Å². The lowest BCUT2D eigenvalue weighted by Crippen LogP contribution is -2.56. The molecular weight excluding hydrogens is 288 g/mol. The summed E-state index contributed by atoms with van der Waals surface area (Å²) in [6.45, 7) is 10.6. The summed E-state index contributed by atoms with van der Waals surface area (Å²) in [5.41, 5.74) is 2.70. The van der Waals surface area contributed by atoms with E-state index in [-0.39, 0.29) is 17.6 Å². The number of carbonyl (C=O) groups excluding carboxylic acids is 1. The lowest BCUT2D eigenvalue weighted by molar-refractivity contribution is -0.134. The van der Waals surface area contributed by atoms with Gasteiger partial charge in [-0.15, -0.1) is 0 Å². The van der Waals surface area contributed by atoms with E-state index >= 15 is 0 Å². The average molecular weight is 316 g/mol. The maximum Gasteiger partial charge on any atom is 0.224 e. The van der Waals surface area contributed by atoms with Gasteiger partial charge in [0.2, 0.25) is 5.91 Å². The molecule has 0 aromatic heterocycles. The van der Waals surface area contributed by atoms with Gasteiger partial charge in [0.15, 0.2) is 0 Å². The van der Waals surface area contributed by atoms with Crippen LogP contribution in [-0.2, 0) is 22.5 Å². The topological polar surface area (TPSA) is 32.8 Å². The Kier molecular flexibility index (Phi) is 4.74. The number of hydrogen-bond acceptors (Lipinski definition) is 3. The van der Waals surface area contributed by atoms with Crippen LogP contribution >= 0.6 is 0 Å². The highest BCUT2D eigenvalue weighted by atomic mass is 16.5. The third-order valence-electron chi connectivity index (χ3n) is 5.13. The molecular formula is C19H28N2O2. The van der Waals surface area contributed by atoms with Crippen LogP contribution in [0.3, 0.4) is 0 Å². The van der Waals surface area contributed by atoms with E-state index in [9.17, 15) is 4.79 Å². The van der Waals surface area contributed by atoms with E-state index in [1.807, 2.05) is 4.90 Å². The summed E-state index contributed by atoms with van der Waals surface area (Å²) < 4.78 is 5.75. The highest BCUT2D eigenvalue weighted by Crippen LogP contribution is 2.23. The predicted molar refractivity (Wildman–Crippen MR) is 91.2 cm³/mol. The molecule has 126 valence electrons. The molecule has 4 nitrogen and oxygen atoms in total. The van der Waals surface area contributed by atoms with Crippen molar-refractivity contribution in [1.82, 2.24) is 9.80 Å². The van der Waals surface area contributed by atoms with E-state index < -0.39 is 0 Å². The number of fused-ring (bicyclic) bond motifs is 1. The molecule has 2 aliphatic rings. The van der Waals surface area contributed by atoms with Crippen LogP contribution in [0.4, 0.5) is 0 Å². The molecule has 0 spiro atoms. The van der Waals surface area contributed by atoms with Gasteiger partial charge in [-0.2, -0.15) is 0 Å². The van der Waals surface area contributed by atoms with E-state index in [0.29, 0.717) is 6.42 Å².